The Hall–Kier alpha value is -0.0800. The van der Waals surface area contributed by atoms with Gasteiger partial charge in [0.1, 0.15) is 0 Å². The number of rotatable bonds is 5. The van der Waals surface area contributed by atoms with Crippen molar-refractivity contribution in [1.29, 1.82) is 0 Å². The normalized spacial score (nSPS) is 23.2. The summed E-state index contributed by atoms with van der Waals surface area (Å²) in [5, 5.41) is 3.51. The van der Waals surface area contributed by atoms with Crippen LogP contribution in [0.2, 0.25) is 0 Å². The summed E-state index contributed by atoms with van der Waals surface area (Å²) in [6, 6.07) is 0.578. The van der Waals surface area contributed by atoms with Gasteiger partial charge in [-0.05, 0) is 32.2 Å². The van der Waals surface area contributed by atoms with Crippen LogP contribution in [0.4, 0.5) is 0 Å². The van der Waals surface area contributed by atoms with Crippen LogP contribution in [-0.4, -0.2) is 25.8 Å². The molecule has 0 spiro atoms. The maximum atomic E-state index is 5.36. The van der Waals surface area contributed by atoms with Gasteiger partial charge in [-0.1, -0.05) is 13.3 Å². The second-order valence-electron chi connectivity index (χ2n) is 3.72. The lowest BCUT2D eigenvalue weighted by atomic mass is 9.78. The average Bonchev–Trinajstić information content (AvgIpc) is 1.99. The van der Waals surface area contributed by atoms with Crippen LogP contribution in [0.3, 0.4) is 0 Å². The van der Waals surface area contributed by atoms with Gasteiger partial charge in [-0.3, -0.25) is 0 Å². The molecule has 1 fully saturated rings. The molecular weight excluding hydrogens is 150 g/mol. The van der Waals surface area contributed by atoms with Crippen LogP contribution in [0.25, 0.3) is 0 Å². The van der Waals surface area contributed by atoms with E-state index in [1.165, 1.54) is 19.3 Å². The second-order valence-corrected chi connectivity index (χ2v) is 3.72. The Balaban J connectivity index is 2.35. The van der Waals surface area contributed by atoms with Crippen LogP contribution in [0, 0.1) is 5.92 Å². The van der Waals surface area contributed by atoms with E-state index in [1.807, 2.05) is 0 Å². The van der Waals surface area contributed by atoms with E-state index in [0.717, 1.165) is 12.5 Å². The van der Waals surface area contributed by atoms with E-state index in [9.17, 15) is 0 Å². The molecule has 72 valence electrons. The molecule has 2 unspecified atom stereocenters. The summed E-state index contributed by atoms with van der Waals surface area (Å²) in [5.41, 5.74) is 0. The summed E-state index contributed by atoms with van der Waals surface area (Å²) < 4.78 is 5.36. The first-order valence-electron chi connectivity index (χ1n) is 5.05. The molecule has 2 nitrogen and oxygen atoms in total. The van der Waals surface area contributed by atoms with Crippen LogP contribution in [0.15, 0.2) is 0 Å². The van der Waals surface area contributed by atoms with Gasteiger partial charge >= 0.3 is 0 Å². The molecule has 12 heavy (non-hydrogen) atoms. The third-order valence-electron chi connectivity index (χ3n) is 2.98. The largest absolute Gasteiger partial charge is 0.380 e. The molecule has 1 saturated carbocycles. The molecule has 0 aromatic rings. The van der Waals surface area contributed by atoms with Crippen molar-refractivity contribution < 1.29 is 4.74 Å². The third-order valence-corrected chi connectivity index (χ3v) is 2.98. The van der Waals surface area contributed by atoms with Gasteiger partial charge in [0, 0.05) is 13.2 Å². The molecule has 0 aromatic heterocycles. The molecule has 0 aromatic carbocycles. The first kappa shape index (κ1) is 10.0. The number of hydrogen-bond donors (Lipinski definition) is 1. The van der Waals surface area contributed by atoms with Crippen molar-refractivity contribution in [3.05, 3.63) is 0 Å². The van der Waals surface area contributed by atoms with Crippen molar-refractivity contribution in [2.45, 2.75) is 45.3 Å². The van der Waals surface area contributed by atoms with Crippen LogP contribution in [0.5, 0.6) is 0 Å². The molecule has 0 amide bonds. The average molecular weight is 171 g/mol. The Morgan fingerprint density at radius 3 is 2.50 bits per heavy atom. The van der Waals surface area contributed by atoms with Crippen LogP contribution in [-0.2, 0) is 4.74 Å². The summed E-state index contributed by atoms with van der Waals surface area (Å²) in [7, 11) is 1.80. The molecule has 0 aliphatic heterocycles. The highest BCUT2D eigenvalue weighted by molar-refractivity contribution is 4.86. The second kappa shape index (κ2) is 4.83. The van der Waals surface area contributed by atoms with E-state index in [0.29, 0.717) is 12.1 Å². The highest BCUT2D eigenvalue weighted by atomic mass is 16.5. The minimum Gasteiger partial charge on any atom is -0.380 e. The lowest BCUT2D eigenvalue weighted by Gasteiger charge is -2.37. The number of nitrogens with one attached hydrogen (secondary N) is 1. The maximum absolute atomic E-state index is 5.36. The Labute approximate surface area is 75.7 Å². The Morgan fingerprint density at radius 1 is 1.50 bits per heavy atom. The van der Waals surface area contributed by atoms with Gasteiger partial charge in [-0.2, -0.15) is 0 Å². The molecule has 1 aliphatic carbocycles. The molecular formula is C10H21NO. The highest BCUT2D eigenvalue weighted by Crippen LogP contribution is 2.31. The van der Waals surface area contributed by atoms with E-state index in [-0.39, 0.29) is 0 Å². The van der Waals surface area contributed by atoms with Crippen LogP contribution >= 0.6 is 0 Å². The molecule has 1 aliphatic rings. The van der Waals surface area contributed by atoms with Crippen molar-refractivity contribution in [3.63, 3.8) is 0 Å². The summed E-state index contributed by atoms with van der Waals surface area (Å²) in [4.78, 5) is 0. The zero-order valence-electron chi connectivity index (χ0n) is 8.47. The zero-order valence-corrected chi connectivity index (χ0v) is 8.47. The summed E-state index contributed by atoms with van der Waals surface area (Å²) in [6.45, 7) is 5.37. The summed E-state index contributed by atoms with van der Waals surface area (Å²) >= 11 is 0. The molecule has 0 heterocycles. The summed E-state index contributed by atoms with van der Waals surface area (Å²) in [5.74, 6) is 0.861. The third kappa shape index (κ3) is 2.20. The van der Waals surface area contributed by atoms with Gasteiger partial charge in [-0.15, -0.1) is 0 Å². The molecule has 1 N–H and O–H groups in total. The molecule has 2 heteroatoms. The van der Waals surface area contributed by atoms with Crippen molar-refractivity contribution in [2.24, 2.45) is 5.92 Å². The molecule has 0 bridgehead atoms. The number of methoxy groups -OCH3 is 1. The van der Waals surface area contributed by atoms with Crippen LogP contribution < -0.4 is 5.32 Å². The van der Waals surface area contributed by atoms with Gasteiger partial charge in [0.25, 0.3) is 0 Å². The van der Waals surface area contributed by atoms with E-state index in [2.05, 4.69) is 19.2 Å². The highest BCUT2D eigenvalue weighted by Gasteiger charge is 2.30. The molecule has 0 saturated heterocycles. The van der Waals surface area contributed by atoms with Gasteiger partial charge in [-0.25, -0.2) is 0 Å². The van der Waals surface area contributed by atoms with Gasteiger partial charge in [0.15, 0.2) is 0 Å². The van der Waals surface area contributed by atoms with Gasteiger partial charge < -0.3 is 10.1 Å². The van der Waals surface area contributed by atoms with Crippen molar-refractivity contribution >= 4 is 0 Å². The smallest absolute Gasteiger partial charge is 0.0698 e. The monoisotopic (exact) mass is 171 g/mol. The van der Waals surface area contributed by atoms with E-state index in [4.69, 9.17) is 4.74 Å². The SMILES string of the molecule is CCNC(C1CCC1)C(C)OC. The topological polar surface area (TPSA) is 21.3 Å². The summed E-state index contributed by atoms with van der Waals surface area (Å²) in [6.07, 6.45) is 4.52. The van der Waals surface area contributed by atoms with E-state index < -0.39 is 0 Å². The van der Waals surface area contributed by atoms with Crippen molar-refractivity contribution in [2.75, 3.05) is 13.7 Å². The fourth-order valence-electron chi connectivity index (χ4n) is 1.90. The van der Waals surface area contributed by atoms with Gasteiger partial charge in [0.2, 0.25) is 0 Å². The van der Waals surface area contributed by atoms with E-state index in [1.54, 1.807) is 7.11 Å². The van der Waals surface area contributed by atoms with Crippen LogP contribution in [0.1, 0.15) is 33.1 Å². The first-order valence-corrected chi connectivity index (χ1v) is 5.05. The quantitative estimate of drug-likeness (QED) is 0.681. The number of likely N-dealkylation sites (N-methyl/N-ethyl adjacent to an activating group) is 1. The van der Waals surface area contributed by atoms with Crippen molar-refractivity contribution in [1.82, 2.24) is 5.32 Å². The Morgan fingerprint density at radius 2 is 2.17 bits per heavy atom. The predicted molar refractivity (Wildman–Crippen MR) is 51.3 cm³/mol. The number of ether oxygens (including phenoxy) is 1. The fraction of sp³-hybridized carbons (Fsp3) is 1.00. The van der Waals surface area contributed by atoms with E-state index >= 15 is 0 Å². The zero-order chi connectivity index (χ0) is 8.97. The predicted octanol–water partition coefficient (Wildman–Crippen LogP) is 1.80. The number of hydrogen-bond acceptors (Lipinski definition) is 2. The Kier molecular flexibility index (Phi) is 4.02. The fourth-order valence-corrected chi connectivity index (χ4v) is 1.90. The minimum absolute atomic E-state index is 0.357. The van der Waals surface area contributed by atoms with Crippen molar-refractivity contribution in [3.8, 4) is 0 Å². The lowest BCUT2D eigenvalue weighted by molar-refractivity contribution is 0.0430. The first-order chi connectivity index (χ1) is 5.79. The molecule has 2 atom stereocenters. The lowest BCUT2D eigenvalue weighted by Crippen LogP contribution is -2.47. The Bertz CT molecular complexity index is 118. The standard InChI is InChI=1S/C10H21NO/c1-4-11-10(8(2)12-3)9-6-5-7-9/h8-11H,4-7H2,1-3H3. The van der Waals surface area contributed by atoms with Gasteiger partial charge in [0.05, 0.1) is 6.10 Å². The minimum atomic E-state index is 0.357. The molecule has 1 rings (SSSR count). The molecule has 0 radical (unpaired) electrons. The maximum Gasteiger partial charge on any atom is 0.0698 e.